The zero-order valence-corrected chi connectivity index (χ0v) is 10.9. The van der Waals surface area contributed by atoms with Crippen LogP contribution in [0.15, 0.2) is 18.2 Å². The third-order valence-electron chi connectivity index (χ3n) is 4.74. The molecule has 1 aromatic carbocycles. The molecule has 0 radical (unpaired) electrons. The standard InChI is InChI=1S/C15H18N2O/c1-17-9-3-6-14(17)15-11-8-10(18-2)4-5-12(11)16-13(15)7-9/h4-5,8-9,14,16H,3,6-7H2,1-2H3/t9-,14+/m0/s1. The Morgan fingerprint density at radius 2 is 2.22 bits per heavy atom. The highest BCUT2D eigenvalue weighted by Crippen LogP contribution is 2.45. The number of methoxy groups -OCH3 is 1. The molecule has 0 aliphatic carbocycles. The predicted octanol–water partition coefficient (Wildman–Crippen LogP) is 2.87. The van der Waals surface area contributed by atoms with Crippen LogP contribution in [-0.2, 0) is 6.42 Å². The maximum absolute atomic E-state index is 5.36. The Morgan fingerprint density at radius 3 is 3.06 bits per heavy atom. The molecule has 0 spiro atoms. The van der Waals surface area contributed by atoms with Gasteiger partial charge in [-0.1, -0.05) is 0 Å². The van der Waals surface area contributed by atoms with Crippen LogP contribution in [0.2, 0.25) is 0 Å². The minimum Gasteiger partial charge on any atom is -0.497 e. The molecule has 0 amide bonds. The molecule has 94 valence electrons. The van der Waals surface area contributed by atoms with Gasteiger partial charge in [0.2, 0.25) is 0 Å². The van der Waals surface area contributed by atoms with Gasteiger partial charge < -0.3 is 9.72 Å². The zero-order valence-electron chi connectivity index (χ0n) is 10.9. The fraction of sp³-hybridized carbons (Fsp3) is 0.467. The third-order valence-corrected chi connectivity index (χ3v) is 4.74. The summed E-state index contributed by atoms with van der Waals surface area (Å²) in [5.41, 5.74) is 4.21. The summed E-state index contributed by atoms with van der Waals surface area (Å²) in [6.45, 7) is 0. The summed E-state index contributed by atoms with van der Waals surface area (Å²) in [4.78, 5) is 6.16. The molecule has 2 aromatic rings. The highest BCUT2D eigenvalue weighted by Gasteiger charge is 2.39. The number of nitrogens with one attached hydrogen (secondary N) is 1. The molecule has 3 heteroatoms. The first-order valence-corrected chi connectivity index (χ1v) is 6.68. The molecular weight excluding hydrogens is 224 g/mol. The molecule has 18 heavy (non-hydrogen) atoms. The van der Waals surface area contributed by atoms with Crippen LogP contribution in [0.1, 0.15) is 30.1 Å². The van der Waals surface area contributed by atoms with E-state index >= 15 is 0 Å². The van der Waals surface area contributed by atoms with Crippen molar-refractivity contribution in [3.8, 4) is 5.75 Å². The number of benzene rings is 1. The van der Waals surface area contributed by atoms with Gasteiger partial charge in [0.05, 0.1) is 7.11 Å². The van der Waals surface area contributed by atoms with Gasteiger partial charge in [0.1, 0.15) is 5.75 Å². The average Bonchev–Trinajstić information content (AvgIpc) is 2.85. The minimum absolute atomic E-state index is 0.597. The number of ether oxygens (including phenoxy) is 1. The van der Waals surface area contributed by atoms with Crippen LogP contribution in [0.5, 0.6) is 5.75 Å². The van der Waals surface area contributed by atoms with E-state index in [2.05, 4.69) is 29.1 Å². The number of nitrogens with zero attached hydrogens (tertiary/aromatic N) is 1. The van der Waals surface area contributed by atoms with Crippen molar-refractivity contribution in [2.24, 2.45) is 0 Å². The Kier molecular flexibility index (Phi) is 2.04. The van der Waals surface area contributed by atoms with Crippen molar-refractivity contribution in [1.29, 1.82) is 0 Å². The molecule has 2 aliphatic rings. The van der Waals surface area contributed by atoms with Crippen molar-refractivity contribution >= 4 is 10.9 Å². The molecular formula is C15H18N2O. The second-order valence-corrected chi connectivity index (χ2v) is 5.55. The third kappa shape index (κ3) is 1.23. The number of hydrogen-bond acceptors (Lipinski definition) is 2. The number of hydrogen-bond donors (Lipinski definition) is 1. The maximum atomic E-state index is 5.36. The monoisotopic (exact) mass is 242 g/mol. The lowest BCUT2D eigenvalue weighted by molar-refractivity contribution is 0.224. The van der Waals surface area contributed by atoms with Crippen LogP contribution in [0, 0.1) is 0 Å². The molecule has 4 rings (SSSR count). The summed E-state index contributed by atoms with van der Waals surface area (Å²) in [6.07, 6.45) is 3.78. The predicted molar refractivity (Wildman–Crippen MR) is 72.1 cm³/mol. The van der Waals surface area contributed by atoms with Crippen molar-refractivity contribution in [3.05, 3.63) is 29.5 Å². The Labute approximate surface area is 107 Å². The van der Waals surface area contributed by atoms with Crippen molar-refractivity contribution in [3.63, 3.8) is 0 Å². The van der Waals surface area contributed by atoms with Gasteiger partial charge in [-0.15, -0.1) is 0 Å². The largest absolute Gasteiger partial charge is 0.497 e. The van der Waals surface area contributed by atoms with Crippen molar-refractivity contribution in [2.45, 2.75) is 31.3 Å². The lowest BCUT2D eigenvalue weighted by Gasteiger charge is -2.31. The van der Waals surface area contributed by atoms with E-state index in [1.807, 2.05) is 6.07 Å². The summed E-state index contributed by atoms with van der Waals surface area (Å²) in [7, 11) is 4.00. The molecule has 3 nitrogen and oxygen atoms in total. The van der Waals surface area contributed by atoms with E-state index in [9.17, 15) is 0 Å². The molecule has 0 saturated carbocycles. The van der Waals surface area contributed by atoms with Crippen LogP contribution < -0.4 is 4.74 Å². The van der Waals surface area contributed by atoms with Gasteiger partial charge in [-0.25, -0.2) is 0 Å². The number of rotatable bonds is 1. The van der Waals surface area contributed by atoms with Crippen molar-refractivity contribution < 1.29 is 4.74 Å². The molecule has 2 aliphatic heterocycles. The van der Waals surface area contributed by atoms with Gasteiger partial charge in [-0.2, -0.15) is 0 Å². The maximum Gasteiger partial charge on any atom is 0.119 e. The van der Waals surface area contributed by atoms with Crippen LogP contribution in [-0.4, -0.2) is 30.1 Å². The van der Waals surface area contributed by atoms with E-state index < -0.39 is 0 Å². The van der Waals surface area contributed by atoms with E-state index in [1.165, 1.54) is 41.4 Å². The normalized spacial score (nSPS) is 26.6. The first-order chi connectivity index (χ1) is 8.78. The van der Waals surface area contributed by atoms with E-state index in [0.29, 0.717) is 6.04 Å². The summed E-state index contributed by atoms with van der Waals surface area (Å²) in [5.74, 6) is 0.951. The number of aromatic amines is 1. The van der Waals surface area contributed by atoms with E-state index in [0.717, 1.165) is 11.8 Å². The SMILES string of the molecule is COc1ccc2[nH]c3c(c2c1)[C@H]1CC[C@@H](C3)N1C. The number of fused-ring (bicyclic) bond motifs is 6. The Hall–Kier alpha value is -1.48. The molecule has 2 bridgehead atoms. The van der Waals surface area contributed by atoms with Gasteiger partial charge in [0.15, 0.2) is 0 Å². The second-order valence-electron chi connectivity index (χ2n) is 5.55. The number of aromatic nitrogens is 1. The average molecular weight is 242 g/mol. The lowest BCUT2D eigenvalue weighted by Crippen LogP contribution is -2.33. The van der Waals surface area contributed by atoms with Crippen LogP contribution in [0.4, 0.5) is 0 Å². The van der Waals surface area contributed by atoms with Crippen molar-refractivity contribution in [2.75, 3.05) is 14.2 Å². The van der Waals surface area contributed by atoms with E-state index in [4.69, 9.17) is 4.74 Å². The van der Waals surface area contributed by atoms with Crippen LogP contribution in [0.25, 0.3) is 10.9 Å². The van der Waals surface area contributed by atoms with Gasteiger partial charge in [0.25, 0.3) is 0 Å². The van der Waals surface area contributed by atoms with Gasteiger partial charge in [-0.05, 0) is 43.7 Å². The smallest absolute Gasteiger partial charge is 0.119 e. The van der Waals surface area contributed by atoms with Gasteiger partial charge in [-0.3, -0.25) is 4.90 Å². The highest BCUT2D eigenvalue weighted by atomic mass is 16.5. The number of H-pyrrole nitrogens is 1. The summed E-state index contributed by atoms with van der Waals surface area (Å²) >= 11 is 0. The second kappa shape index (κ2) is 3.51. The quantitative estimate of drug-likeness (QED) is 0.833. The highest BCUT2D eigenvalue weighted by molar-refractivity contribution is 5.87. The lowest BCUT2D eigenvalue weighted by atomic mass is 9.97. The fourth-order valence-electron chi connectivity index (χ4n) is 3.76. The molecule has 1 N–H and O–H groups in total. The summed E-state index contributed by atoms with van der Waals surface area (Å²) in [6, 6.07) is 7.68. The minimum atomic E-state index is 0.597. The topological polar surface area (TPSA) is 28.3 Å². The van der Waals surface area contributed by atoms with E-state index in [-0.39, 0.29) is 0 Å². The van der Waals surface area contributed by atoms with E-state index in [1.54, 1.807) is 7.11 Å². The van der Waals surface area contributed by atoms with Crippen molar-refractivity contribution in [1.82, 2.24) is 9.88 Å². The Balaban J connectivity index is 1.97. The molecule has 1 aromatic heterocycles. The molecule has 0 unspecified atom stereocenters. The molecule has 1 saturated heterocycles. The summed E-state index contributed by atoms with van der Waals surface area (Å²) < 4.78 is 5.36. The zero-order chi connectivity index (χ0) is 12.3. The van der Waals surface area contributed by atoms with Gasteiger partial charge in [0, 0.05) is 35.1 Å². The Morgan fingerprint density at radius 1 is 1.33 bits per heavy atom. The Bertz CT molecular complexity index is 616. The first kappa shape index (κ1) is 10.4. The summed E-state index contributed by atoms with van der Waals surface area (Å²) in [5, 5.41) is 1.35. The molecule has 3 heterocycles. The first-order valence-electron chi connectivity index (χ1n) is 6.68. The van der Waals surface area contributed by atoms with Crippen LogP contribution >= 0.6 is 0 Å². The molecule has 1 fully saturated rings. The number of likely N-dealkylation sites (N-methyl/N-ethyl adjacent to an activating group) is 1. The fourth-order valence-corrected chi connectivity index (χ4v) is 3.76. The van der Waals surface area contributed by atoms with Gasteiger partial charge >= 0.3 is 0 Å². The van der Waals surface area contributed by atoms with Crippen LogP contribution in [0.3, 0.4) is 0 Å². The molecule has 2 atom stereocenters.